The molecule has 1 fully saturated rings. The SMILES string of the molecule is Nc1ccc(N2CCNCC2)cc1CCC(=O)O. The number of hydrogen-bond acceptors (Lipinski definition) is 4. The van der Waals surface area contributed by atoms with Crippen LogP contribution in [0.15, 0.2) is 18.2 Å². The number of anilines is 2. The third-order valence-electron chi connectivity index (χ3n) is 3.22. The van der Waals surface area contributed by atoms with Crippen molar-refractivity contribution in [3.63, 3.8) is 0 Å². The van der Waals surface area contributed by atoms with Crippen molar-refractivity contribution in [3.05, 3.63) is 23.8 Å². The number of rotatable bonds is 4. The van der Waals surface area contributed by atoms with Gasteiger partial charge in [-0.25, -0.2) is 0 Å². The normalized spacial score (nSPS) is 15.7. The van der Waals surface area contributed by atoms with Crippen LogP contribution in [0, 0.1) is 0 Å². The number of carbonyl (C=O) groups is 1. The Morgan fingerprint density at radius 1 is 1.39 bits per heavy atom. The molecule has 0 saturated carbocycles. The van der Waals surface area contributed by atoms with E-state index in [1.54, 1.807) is 0 Å². The molecular weight excluding hydrogens is 230 g/mol. The molecule has 5 nitrogen and oxygen atoms in total. The molecule has 2 rings (SSSR count). The van der Waals surface area contributed by atoms with Crippen LogP contribution in [0.3, 0.4) is 0 Å². The highest BCUT2D eigenvalue weighted by atomic mass is 16.4. The fourth-order valence-electron chi connectivity index (χ4n) is 2.17. The van der Waals surface area contributed by atoms with Gasteiger partial charge in [-0.1, -0.05) is 0 Å². The number of nitrogens with two attached hydrogens (primary N) is 1. The molecule has 5 heteroatoms. The second kappa shape index (κ2) is 5.73. The summed E-state index contributed by atoms with van der Waals surface area (Å²) in [5.41, 5.74) is 8.61. The molecule has 1 heterocycles. The summed E-state index contributed by atoms with van der Waals surface area (Å²) >= 11 is 0. The molecule has 1 aromatic carbocycles. The Morgan fingerprint density at radius 3 is 2.78 bits per heavy atom. The molecule has 98 valence electrons. The topological polar surface area (TPSA) is 78.6 Å². The van der Waals surface area contributed by atoms with Gasteiger partial charge in [-0.3, -0.25) is 4.79 Å². The van der Waals surface area contributed by atoms with Crippen LogP contribution in [0.5, 0.6) is 0 Å². The van der Waals surface area contributed by atoms with Crippen LogP contribution in [0.4, 0.5) is 11.4 Å². The Bertz CT molecular complexity index is 428. The molecule has 0 atom stereocenters. The van der Waals surface area contributed by atoms with Gasteiger partial charge in [0.05, 0.1) is 0 Å². The maximum absolute atomic E-state index is 10.6. The minimum absolute atomic E-state index is 0.120. The standard InChI is InChI=1S/C13H19N3O2/c14-12-3-2-11(16-7-5-15-6-8-16)9-10(12)1-4-13(17)18/h2-3,9,15H,1,4-8,14H2,(H,17,18). The largest absolute Gasteiger partial charge is 0.481 e. The first-order valence-corrected chi connectivity index (χ1v) is 6.22. The molecule has 1 aromatic rings. The lowest BCUT2D eigenvalue weighted by Gasteiger charge is -2.30. The van der Waals surface area contributed by atoms with Crippen LogP contribution >= 0.6 is 0 Å². The average Bonchev–Trinajstić information content (AvgIpc) is 2.38. The molecule has 4 N–H and O–H groups in total. The molecule has 0 unspecified atom stereocenters. The number of piperazine rings is 1. The zero-order chi connectivity index (χ0) is 13.0. The number of nitrogen functional groups attached to an aromatic ring is 1. The first-order chi connectivity index (χ1) is 8.66. The Morgan fingerprint density at radius 2 is 2.11 bits per heavy atom. The Labute approximate surface area is 107 Å². The van der Waals surface area contributed by atoms with Crippen molar-refractivity contribution in [2.75, 3.05) is 36.8 Å². The lowest BCUT2D eigenvalue weighted by Crippen LogP contribution is -2.43. The van der Waals surface area contributed by atoms with Crippen molar-refractivity contribution in [2.45, 2.75) is 12.8 Å². The van der Waals surface area contributed by atoms with Crippen LogP contribution in [-0.2, 0) is 11.2 Å². The van der Waals surface area contributed by atoms with Crippen LogP contribution in [0.1, 0.15) is 12.0 Å². The number of aryl methyl sites for hydroxylation is 1. The van der Waals surface area contributed by atoms with Gasteiger partial charge in [0.15, 0.2) is 0 Å². The fraction of sp³-hybridized carbons (Fsp3) is 0.462. The molecule has 0 spiro atoms. The van der Waals surface area contributed by atoms with Crippen LogP contribution in [0.25, 0.3) is 0 Å². The van der Waals surface area contributed by atoms with Gasteiger partial charge in [0.2, 0.25) is 0 Å². The van der Waals surface area contributed by atoms with E-state index in [1.165, 1.54) is 0 Å². The Balaban J connectivity index is 2.11. The van der Waals surface area contributed by atoms with E-state index >= 15 is 0 Å². The quantitative estimate of drug-likeness (QED) is 0.684. The van der Waals surface area contributed by atoms with E-state index in [2.05, 4.69) is 10.2 Å². The van der Waals surface area contributed by atoms with Gasteiger partial charge in [-0.2, -0.15) is 0 Å². The molecule has 0 aromatic heterocycles. The maximum atomic E-state index is 10.6. The summed E-state index contributed by atoms with van der Waals surface area (Å²) in [4.78, 5) is 12.9. The Kier molecular flexibility index (Phi) is 4.04. The van der Waals surface area contributed by atoms with Gasteiger partial charge in [-0.05, 0) is 30.2 Å². The van der Waals surface area contributed by atoms with Gasteiger partial charge in [0.25, 0.3) is 0 Å². The number of hydrogen-bond donors (Lipinski definition) is 3. The molecule has 1 aliphatic rings. The van der Waals surface area contributed by atoms with Gasteiger partial charge in [-0.15, -0.1) is 0 Å². The summed E-state index contributed by atoms with van der Waals surface area (Å²) in [6.07, 6.45) is 0.607. The number of nitrogens with one attached hydrogen (secondary N) is 1. The summed E-state index contributed by atoms with van der Waals surface area (Å²) in [7, 11) is 0. The summed E-state index contributed by atoms with van der Waals surface area (Å²) in [6, 6.07) is 5.89. The first-order valence-electron chi connectivity index (χ1n) is 6.22. The third kappa shape index (κ3) is 3.13. The minimum Gasteiger partial charge on any atom is -0.481 e. The van der Waals surface area contributed by atoms with E-state index in [-0.39, 0.29) is 6.42 Å². The lowest BCUT2D eigenvalue weighted by molar-refractivity contribution is -0.136. The molecule has 18 heavy (non-hydrogen) atoms. The smallest absolute Gasteiger partial charge is 0.303 e. The van der Waals surface area contributed by atoms with E-state index in [0.29, 0.717) is 12.1 Å². The fourth-order valence-corrected chi connectivity index (χ4v) is 2.17. The van der Waals surface area contributed by atoms with Gasteiger partial charge in [0, 0.05) is 44.0 Å². The molecule has 0 amide bonds. The maximum Gasteiger partial charge on any atom is 0.303 e. The van der Waals surface area contributed by atoms with E-state index in [0.717, 1.165) is 37.4 Å². The minimum atomic E-state index is -0.790. The molecule has 1 saturated heterocycles. The third-order valence-corrected chi connectivity index (χ3v) is 3.22. The predicted octanol–water partition coefficient (Wildman–Crippen LogP) is 0.696. The first kappa shape index (κ1) is 12.7. The second-order valence-corrected chi connectivity index (χ2v) is 4.51. The highest BCUT2D eigenvalue weighted by Gasteiger charge is 2.12. The van der Waals surface area contributed by atoms with E-state index in [4.69, 9.17) is 10.8 Å². The van der Waals surface area contributed by atoms with Crippen LogP contribution in [-0.4, -0.2) is 37.3 Å². The lowest BCUT2D eigenvalue weighted by atomic mass is 10.1. The molecular formula is C13H19N3O2. The van der Waals surface area contributed by atoms with Crippen LogP contribution < -0.4 is 16.0 Å². The van der Waals surface area contributed by atoms with E-state index < -0.39 is 5.97 Å². The summed E-state index contributed by atoms with van der Waals surface area (Å²) in [6.45, 7) is 3.91. The van der Waals surface area contributed by atoms with E-state index in [9.17, 15) is 4.79 Å². The van der Waals surface area contributed by atoms with E-state index in [1.807, 2.05) is 18.2 Å². The molecule has 1 aliphatic heterocycles. The van der Waals surface area contributed by atoms with Crippen molar-refractivity contribution in [2.24, 2.45) is 0 Å². The Hall–Kier alpha value is -1.75. The molecule has 0 radical (unpaired) electrons. The summed E-state index contributed by atoms with van der Waals surface area (Å²) in [5.74, 6) is -0.790. The van der Waals surface area contributed by atoms with Gasteiger partial charge < -0.3 is 21.1 Å². The number of aliphatic carboxylic acids is 1. The number of carboxylic acids is 1. The van der Waals surface area contributed by atoms with Gasteiger partial charge in [0.1, 0.15) is 0 Å². The zero-order valence-electron chi connectivity index (χ0n) is 10.4. The van der Waals surface area contributed by atoms with Crippen molar-refractivity contribution in [1.82, 2.24) is 5.32 Å². The highest BCUT2D eigenvalue weighted by Crippen LogP contribution is 2.22. The average molecular weight is 249 g/mol. The monoisotopic (exact) mass is 249 g/mol. The number of benzene rings is 1. The highest BCUT2D eigenvalue weighted by molar-refractivity contribution is 5.68. The van der Waals surface area contributed by atoms with Crippen molar-refractivity contribution in [3.8, 4) is 0 Å². The summed E-state index contributed by atoms with van der Waals surface area (Å²) < 4.78 is 0. The van der Waals surface area contributed by atoms with Crippen LogP contribution in [0.2, 0.25) is 0 Å². The number of nitrogens with zero attached hydrogens (tertiary/aromatic N) is 1. The van der Waals surface area contributed by atoms with Crippen molar-refractivity contribution in [1.29, 1.82) is 0 Å². The molecule has 0 aliphatic carbocycles. The van der Waals surface area contributed by atoms with Crippen molar-refractivity contribution < 1.29 is 9.90 Å². The molecule has 0 bridgehead atoms. The predicted molar refractivity (Wildman–Crippen MR) is 71.9 cm³/mol. The number of carboxylic acid groups (broad SMARTS) is 1. The second-order valence-electron chi connectivity index (χ2n) is 4.51. The van der Waals surface area contributed by atoms with Crippen molar-refractivity contribution >= 4 is 17.3 Å². The summed E-state index contributed by atoms with van der Waals surface area (Å²) in [5, 5.41) is 12.0. The zero-order valence-corrected chi connectivity index (χ0v) is 10.4. The van der Waals surface area contributed by atoms with Gasteiger partial charge >= 0.3 is 5.97 Å².